The summed E-state index contributed by atoms with van der Waals surface area (Å²) in [6.07, 6.45) is 0. The molecule has 21 heavy (non-hydrogen) atoms. The van der Waals surface area contributed by atoms with E-state index in [0.29, 0.717) is 5.56 Å². The van der Waals surface area contributed by atoms with E-state index in [0.717, 1.165) is 17.9 Å². The van der Waals surface area contributed by atoms with Crippen molar-refractivity contribution in [3.63, 3.8) is 0 Å². The molecule has 2 rings (SSSR count). The Labute approximate surface area is 125 Å². The first-order valence-electron chi connectivity index (χ1n) is 6.95. The summed E-state index contributed by atoms with van der Waals surface area (Å²) in [5, 5.41) is 7.78. The average molecular weight is 286 g/mol. The molecule has 0 atom stereocenters. The van der Waals surface area contributed by atoms with E-state index in [9.17, 15) is 4.79 Å². The molecule has 5 heteroatoms. The second-order valence-corrected chi connectivity index (χ2v) is 5.40. The van der Waals surface area contributed by atoms with Gasteiger partial charge in [-0.15, -0.1) is 0 Å². The number of benzene rings is 1. The SMILES string of the molecule is Cc1nn(C)c(C)c1CNc1ccc(C(=O)N(C)C)cc1. The smallest absolute Gasteiger partial charge is 0.253 e. The van der Waals surface area contributed by atoms with Crippen molar-refractivity contribution in [2.24, 2.45) is 7.05 Å². The van der Waals surface area contributed by atoms with Crippen molar-refractivity contribution in [2.45, 2.75) is 20.4 Å². The Balaban J connectivity index is 2.06. The fourth-order valence-corrected chi connectivity index (χ4v) is 2.25. The highest BCUT2D eigenvalue weighted by Gasteiger charge is 2.10. The molecule has 0 spiro atoms. The Morgan fingerprint density at radius 2 is 1.86 bits per heavy atom. The minimum atomic E-state index is 0.0144. The van der Waals surface area contributed by atoms with Gasteiger partial charge in [-0.05, 0) is 38.1 Å². The Hall–Kier alpha value is -2.30. The van der Waals surface area contributed by atoms with Crippen molar-refractivity contribution in [1.82, 2.24) is 14.7 Å². The maximum absolute atomic E-state index is 11.8. The second-order valence-electron chi connectivity index (χ2n) is 5.40. The number of carbonyl (C=O) groups is 1. The minimum Gasteiger partial charge on any atom is -0.381 e. The van der Waals surface area contributed by atoms with Crippen LogP contribution in [0.5, 0.6) is 0 Å². The highest BCUT2D eigenvalue weighted by atomic mass is 16.2. The molecule has 0 radical (unpaired) electrons. The number of aryl methyl sites for hydroxylation is 2. The Bertz CT molecular complexity index is 641. The Morgan fingerprint density at radius 3 is 2.33 bits per heavy atom. The Morgan fingerprint density at radius 1 is 1.24 bits per heavy atom. The number of amides is 1. The van der Waals surface area contributed by atoms with Gasteiger partial charge >= 0.3 is 0 Å². The number of aromatic nitrogens is 2. The normalized spacial score (nSPS) is 10.5. The zero-order valence-electron chi connectivity index (χ0n) is 13.3. The molecule has 2 aromatic rings. The van der Waals surface area contributed by atoms with E-state index >= 15 is 0 Å². The third kappa shape index (κ3) is 3.24. The van der Waals surface area contributed by atoms with E-state index < -0.39 is 0 Å². The minimum absolute atomic E-state index is 0.0144. The van der Waals surface area contributed by atoms with Crippen LogP contribution in [0.2, 0.25) is 0 Å². The van der Waals surface area contributed by atoms with Crippen LogP contribution in [0.4, 0.5) is 5.69 Å². The summed E-state index contributed by atoms with van der Waals surface area (Å²) in [6, 6.07) is 7.54. The van der Waals surface area contributed by atoms with Gasteiger partial charge in [-0.25, -0.2) is 0 Å². The van der Waals surface area contributed by atoms with E-state index in [2.05, 4.69) is 17.3 Å². The van der Waals surface area contributed by atoms with Gasteiger partial charge in [-0.1, -0.05) is 0 Å². The first-order valence-corrected chi connectivity index (χ1v) is 6.95. The zero-order valence-corrected chi connectivity index (χ0v) is 13.3. The average Bonchev–Trinajstić information content (AvgIpc) is 2.70. The molecule has 1 heterocycles. The first kappa shape index (κ1) is 15.1. The lowest BCUT2D eigenvalue weighted by Gasteiger charge is -2.11. The molecule has 0 bridgehead atoms. The van der Waals surface area contributed by atoms with Gasteiger partial charge in [0, 0.05) is 50.2 Å². The van der Waals surface area contributed by atoms with Crippen molar-refractivity contribution in [3.8, 4) is 0 Å². The molecule has 0 fully saturated rings. The topological polar surface area (TPSA) is 50.2 Å². The van der Waals surface area contributed by atoms with Crippen molar-refractivity contribution in [2.75, 3.05) is 19.4 Å². The summed E-state index contributed by atoms with van der Waals surface area (Å²) in [5.41, 5.74) is 5.11. The first-order chi connectivity index (χ1) is 9.90. The molecule has 0 unspecified atom stereocenters. The summed E-state index contributed by atoms with van der Waals surface area (Å²) < 4.78 is 1.89. The summed E-state index contributed by atoms with van der Waals surface area (Å²) in [4.78, 5) is 13.4. The van der Waals surface area contributed by atoms with Crippen LogP contribution in [0, 0.1) is 13.8 Å². The molecule has 1 N–H and O–H groups in total. The second kappa shape index (κ2) is 5.99. The van der Waals surface area contributed by atoms with Gasteiger partial charge in [0.2, 0.25) is 0 Å². The molecule has 1 amide bonds. The van der Waals surface area contributed by atoms with Crippen molar-refractivity contribution in [1.29, 1.82) is 0 Å². The molecule has 0 aliphatic heterocycles. The fraction of sp³-hybridized carbons (Fsp3) is 0.375. The van der Waals surface area contributed by atoms with Gasteiger partial charge in [0.25, 0.3) is 5.91 Å². The van der Waals surface area contributed by atoms with Gasteiger partial charge in [0.05, 0.1) is 5.69 Å². The van der Waals surface area contributed by atoms with Gasteiger partial charge in [0.15, 0.2) is 0 Å². The van der Waals surface area contributed by atoms with Crippen molar-refractivity contribution >= 4 is 11.6 Å². The zero-order chi connectivity index (χ0) is 15.6. The van der Waals surface area contributed by atoms with Gasteiger partial charge in [-0.3, -0.25) is 9.48 Å². The highest BCUT2D eigenvalue weighted by Crippen LogP contribution is 2.16. The van der Waals surface area contributed by atoms with Crippen molar-refractivity contribution < 1.29 is 4.79 Å². The van der Waals surface area contributed by atoms with Crippen LogP contribution in [-0.2, 0) is 13.6 Å². The lowest BCUT2D eigenvalue weighted by molar-refractivity contribution is 0.0827. The standard InChI is InChI=1S/C16H22N4O/c1-11-15(12(2)20(5)18-11)10-17-14-8-6-13(7-9-14)16(21)19(3)4/h6-9,17H,10H2,1-5H3. The van der Waals surface area contributed by atoms with Crippen LogP contribution >= 0.6 is 0 Å². The van der Waals surface area contributed by atoms with E-state index in [1.165, 1.54) is 11.3 Å². The summed E-state index contributed by atoms with van der Waals surface area (Å²) in [5.74, 6) is 0.0144. The van der Waals surface area contributed by atoms with Crippen LogP contribution < -0.4 is 5.32 Å². The van der Waals surface area contributed by atoms with Crippen LogP contribution in [0.3, 0.4) is 0 Å². The molecular weight excluding hydrogens is 264 g/mol. The number of nitrogens with zero attached hydrogens (tertiary/aromatic N) is 3. The number of nitrogens with one attached hydrogen (secondary N) is 1. The van der Waals surface area contributed by atoms with Crippen LogP contribution in [0.15, 0.2) is 24.3 Å². The van der Waals surface area contributed by atoms with Crippen molar-refractivity contribution in [3.05, 3.63) is 46.8 Å². The molecule has 0 saturated carbocycles. The molecule has 112 valence electrons. The maximum atomic E-state index is 11.8. The third-order valence-electron chi connectivity index (χ3n) is 3.67. The molecule has 5 nitrogen and oxygen atoms in total. The van der Waals surface area contributed by atoms with E-state index in [1.807, 2.05) is 42.9 Å². The molecule has 0 aliphatic rings. The third-order valence-corrected chi connectivity index (χ3v) is 3.67. The molecule has 0 saturated heterocycles. The highest BCUT2D eigenvalue weighted by molar-refractivity contribution is 5.94. The molecule has 1 aromatic carbocycles. The number of rotatable bonds is 4. The van der Waals surface area contributed by atoms with E-state index in [4.69, 9.17) is 0 Å². The quantitative estimate of drug-likeness (QED) is 0.938. The number of carbonyl (C=O) groups excluding carboxylic acids is 1. The van der Waals surface area contributed by atoms with Gasteiger partial charge < -0.3 is 10.2 Å². The molecule has 1 aromatic heterocycles. The predicted octanol–water partition coefficient (Wildman–Crippen LogP) is 2.35. The van der Waals surface area contributed by atoms with Gasteiger partial charge in [-0.2, -0.15) is 5.10 Å². The lowest BCUT2D eigenvalue weighted by atomic mass is 10.1. The summed E-state index contributed by atoms with van der Waals surface area (Å²) >= 11 is 0. The predicted molar refractivity (Wildman–Crippen MR) is 84.5 cm³/mol. The number of hydrogen-bond acceptors (Lipinski definition) is 3. The Kier molecular flexibility index (Phi) is 4.31. The largest absolute Gasteiger partial charge is 0.381 e. The number of anilines is 1. The van der Waals surface area contributed by atoms with Crippen LogP contribution in [-0.4, -0.2) is 34.7 Å². The summed E-state index contributed by atoms with van der Waals surface area (Å²) in [7, 11) is 5.46. The lowest BCUT2D eigenvalue weighted by Crippen LogP contribution is -2.21. The number of hydrogen-bond donors (Lipinski definition) is 1. The fourth-order valence-electron chi connectivity index (χ4n) is 2.25. The van der Waals surface area contributed by atoms with E-state index in [1.54, 1.807) is 19.0 Å². The molecule has 0 aliphatic carbocycles. The maximum Gasteiger partial charge on any atom is 0.253 e. The van der Waals surface area contributed by atoms with Crippen LogP contribution in [0.25, 0.3) is 0 Å². The summed E-state index contributed by atoms with van der Waals surface area (Å²) in [6.45, 7) is 4.81. The van der Waals surface area contributed by atoms with E-state index in [-0.39, 0.29) is 5.91 Å². The monoisotopic (exact) mass is 286 g/mol. The van der Waals surface area contributed by atoms with Crippen LogP contribution in [0.1, 0.15) is 27.3 Å². The molecular formula is C16H22N4O. The van der Waals surface area contributed by atoms with Gasteiger partial charge in [0.1, 0.15) is 0 Å².